The molecule has 4 aromatic rings. The topological polar surface area (TPSA) is 101 Å². The highest BCUT2D eigenvalue weighted by Gasteiger charge is 2.31. The zero-order chi connectivity index (χ0) is 25.4. The number of aromatic nitrogens is 3. The number of rotatable bonds is 7. The summed E-state index contributed by atoms with van der Waals surface area (Å²) in [4.78, 5) is 35.0. The second-order valence-electron chi connectivity index (χ2n) is 8.26. The molecule has 2 aromatic heterocycles. The number of halogens is 3. The fourth-order valence-electron chi connectivity index (χ4n) is 4.05. The Bertz CT molecular complexity index is 1460. The van der Waals surface area contributed by atoms with Crippen molar-refractivity contribution < 1.29 is 27.5 Å². The summed E-state index contributed by atoms with van der Waals surface area (Å²) in [6.45, 7) is 1.57. The zero-order valence-corrected chi connectivity index (χ0v) is 19.9. The molecule has 188 valence electrons. The first-order valence-electron chi connectivity index (χ1n) is 11.1. The molecule has 2 amide bonds. The fourth-order valence-corrected chi connectivity index (χ4v) is 4.94. The minimum atomic E-state index is -4.77. The van der Waals surface area contributed by atoms with Gasteiger partial charge in [-0.2, -0.15) is 0 Å². The molecule has 0 radical (unpaired) electrons. The van der Waals surface area contributed by atoms with E-state index in [1.54, 1.807) is 34.7 Å². The van der Waals surface area contributed by atoms with Crippen LogP contribution < -0.4 is 15.4 Å². The molecule has 2 aromatic carbocycles. The SMILES string of the molecule is Cn1c(Nc2nc3ccc(OC(F)(F)F)cc3s2)nc2cc(C(=O)NCCN3CCCC3=O)ccc21. The average molecular weight is 519 g/mol. The number of carbonyl (C=O) groups is 2. The van der Waals surface area contributed by atoms with Gasteiger partial charge >= 0.3 is 6.36 Å². The molecule has 1 fully saturated rings. The number of thiazole rings is 1. The van der Waals surface area contributed by atoms with Crippen LogP contribution in [0.3, 0.4) is 0 Å². The lowest BCUT2D eigenvalue weighted by atomic mass is 10.2. The summed E-state index contributed by atoms with van der Waals surface area (Å²) in [5, 5.41) is 6.38. The molecule has 0 aliphatic carbocycles. The summed E-state index contributed by atoms with van der Waals surface area (Å²) < 4.78 is 43.8. The molecule has 9 nitrogen and oxygen atoms in total. The van der Waals surface area contributed by atoms with Crippen LogP contribution in [-0.4, -0.2) is 57.2 Å². The smallest absolute Gasteiger partial charge is 0.406 e. The molecular formula is C23H21F3N6O3S. The first-order valence-corrected chi connectivity index (χ1v) is 11.9. The highest BCUT2D eigenvalue weighted by Crippen LogP contribution is 2.33. The standard InChI is InChI=1S/C23H21F3N6O3S/c1-31-17-7-4-13(20(34)27-8-10-32-9-2-3-19(32)33)11-16(17)28-21(31)30-22-29-15-6-5-14(12-18(15)36-22)35-23(24,25)26/h4-7,11-12H,2-3,8-10H2,1H3,(H,27,34)(H,28,29,30). The molecule has 5 rings (SSSR count). The molecule has 0 unspecified atom stereocenters. The zero-order valence-electron chi connectivity index (χ0n) is 19.1. The van der Waals surface area contributed by atoms with E-state index in [2.05, 4.69) is 25.3 Å². The van der Waals surface area contributed by atoms with Crippen molar-refractivity contribution in [3.8, 4) is 5.75 Å². The number of imidazole rings is 1. The van der Waals surface area contributed by atoms with E-state index >= 15 is 0 Å². The van der Waals surface area contributed by atoms with Crippen molar-refractivity contribution in [1.82, 2.24) is 24.8 Å². The van der Waals surface area contributed by atoms with Crippen LogP contribution in [0.4, 0.5) is 24.3 Å². The molecule has 0 spiro atoms. The number of amides is 2. The summed E-state index contributed by atoms with van der Waals surface area (Å²) in [6, 6.07) is 9.11. The van der Waals surface area contributed by atoms with Gasteiger partial charge in [-0.1, -0.05) is 11.3 Å². The third kappa shape index (κ3) is 5.05. The lowest BCUT2D eigenvalue weighted by Crippen LogP contribution is -2.35. The first-order chi connectivity index (χ1) is 17.2. The van der Waals surface area contributed by atoms with Gasteiger partial charge in [0.05, 0.1) is 21.3 Å². The second-order valence-corrected chi connectivity index (χ2v) is 9.29. The van der Waals surface area contributed by atoms with Crippen molar-refractivity contribution in [3.63, 3.8) is 0 Å². The quantitative estimate of drug-likeness (QED) is 0.381. The molecule has 3 heterocycles. The van der Waals surface area contributed by atoms with Gasteiger partial charge in [-0.15, -0.1) is 13.2 Å². The number of nitrogens with one attached hydrogen (secondary N) is 2. The highest BCUT2D eigenvalue weighted by atomic mass is 32.1. The number of ether oxygens (including phenoxy) is 1. The van der Waals surface area contributed by atoms with E-state index in [-0.39, 0.29) is 17.6 Å². The molecule has 1 aliphatic heterocycles. The molecule has 1 saturated heterocycles. The Morgan fingerprint density at radius 3 is 2.75 bits per heavy atom. The highest BCUT2D eigenvalue weighted by molar-refractivity contribution is 7.22. The maximum Gasteiger partial charge on any atom is 0.573 e. The average Bonchev–Trinajstić information content (AvgIpc) is 3.49. The van der Waals surface area contributed by atoms with Crippen molar-refractivity contribution in [2.45, 2.75) is 19.2 Å². The number of nitrogens with zero attached hydrogens (tertiary/aromatic N) is 4. The van der Waals surface area contributed by atoms with E-state index in [4.69, 9.17) is 0 Å². The number of aryl methyl sites for hydroxylation is 1. The number of hydrogen-bond acceptors (Lipinski definition) is 7. The van der Waals surface area contributed by atoms with Crippen LogP contribution in [0.2, 0.25) is 0 Å². The fraction of sp³-hybridized carbons (Fsp3) is 0.304. The normalized spacial score (nSPS) is 14.1. The van der Waals surface area contributed by atoms with Crippen molar-refractivity contribution in [2.75, 3.05) is 25.0 Å². The molecule has 0 saturated carbocycles. The van der Waals surface area contributed by atoms with Crippen molar-refractivity contribution in [1.29, 1.82) is 0 Å². The van der Waals surface area contributed by atoms with E-state index in [9.17, 15) is 22.8 Å². The third-order valence-corrected chi connectivity index (χ3v) is 6.73. The molecule has 2 N–H and O–H groups in total. The van der Waals surface area contributed by atoms with Gasteiger partial charge in [-0.25, -0.2) is 9.97 Å². The van der Waals surface area contributed by atoms with Gasteiger partial charge in [-0.3, -0.25) is 9.59 Å². The Morgan fingerprint density at radius 2 is 2.00 bits per heavy atom. The number of carbonyl (C=O) groups excluding carboxylic acids is 2. The summed E-state index contributed by atoms with van der Waals surface area (Å²) in [6.07, 6.45) is -3.36. The van der Waals surface area contributed by atoms with Crippen LogP contribution in [0.1, 0.15) is 23.2 Å². The number of anilines is 2. The van der Waals surface area contributed by atoms with Crippen molar-refractivity contribution >= 4 is 55.5 Å². The van der Waals surface area contributed by atoms with Gasteiger partial charge in [0, 0.05) is 44.7 Å². The van der Waals surface area contributed by atoms with E-state index < -0.39 is 6.36 Å². The van der Waals surface area contributed by atoms with Crippen LogP contribution in [-0.2, 0) is 11.8 Å². The predicted molar refractivity (Wildman–Crippen MR) is 128 cm³/mol. The number of likely N-dealkylation sites (tertiary alicyclic amines) is 1. The van der Waals surface area contributed by atoms with Crippen LogP contribution in [0.15, 0.2) is 36.4 Å². The number of benzene rings is 2. The van der Waals surface area contributed by atoms with Gasteiger partial charge in [0.1, 0.15) is 5.75 Å². The lowest BCUT2D eigenvalue weighted by Gasteiger charge is -2.15. The molecule has 13 heteroatoms. The summed E-state index contributed by atoms with van der Waals surface area (Å²) >= 11 is 1.16. The Morgan fingerprint density at radius 1 is 1.17 bits per heavy atom. The van der Waals surface area contributed by atoms with E-state index in [0.717, 1.165) is 29.8 Å². The van der Waals surface area contributed by atoms with Gasteiger partial charge in [0.2, 0.25) is 11.9 Å². The minimum absolute atomic E-state index is 0.113. The summed E-state index contributed by atoms with van der Waals surface area (Å²) in [7, 11) is 1.80. The third-order valence-electron chi connectivity index (χ3n) is 5.79. The van der Waals surface area contributed by atoms with Crippen molar-refractivity contribution in [3.05, 3.63) is 42.0 Å². The van der Waals surface area contributed by atoms with Crippen LogP contribution >= 0.6 is 11.3 Å². The van der Waals surface area contributed by atoms with E-state index in [1.165, 1.54) is 18.2 Å². The minimum Gasteiger partial charge on any atom is -0.406 e. The summed E-state index contributed by atoms with van der Waals surface area (Å²) in [5.74, 6) is 0.000780. The number of alkyl halides is 3. The molecule has 0 atom stereocenters. The Kier molecular flexibility index (Phi) is 6.16. The molecule has 36 heavy (non-hydrogen) atoms. The Balaban J connectivity index is 1.29. The summed E-state index contributed by atoms with van der Waals surface area (Å²) in [5.41, 5.74) is 2.32. The van der Waals surface area contributed by atoms with Gasteiger partial charge in [-0.05, 0) is 36.8 Å². The Labute approximate surface area is 206 Å². The molecule has 1 aliphatic rings. The Hall–Kier alpha value is -3.87. The predicted octanol–water partition coefficient (Wildman–Crippen LogP) is 4.18. The second kappa shape index (κ2) is 9.30. The first kappa shape index (κ1) is 23.9. The van der Waals surface area contributed by atoms with Crippen LogP contribution in [0.5, 0.6) is 5.75 Å². The van der Waals surface area contributed by atoms with E-state index in [1.807, 2.05) is 0 Å². The largest absolute Gasteiger partial charge is 0.573 e. The molecule has 0 bridgehead atoms. The van der Waals surface area contributed by atoms with Crippen LogP contribution in [0, 0.1) is 0 Å². The van der Waals surface area contributed by atoms with Gasteiger partial charge in [0.15, 0.2) is 5.13 Å². The number of hydrogen-bond donors (Lipinski definition) is 2. The maximum absolute atomic E-state index is 12.6. The van der Waals surface area contributed by atoms with Gasteiger partial charge < -0.3 is 24.8 Å². The monoisotopic (exact) mass is 518 g/mol. The van der Waals surface area contributed by atoms with Crippen LogP contribution in [0.25, 0.3) is 21.3 Å². The van der Waals surface area contributed by atoms with E-state index in [0.29, 0.717) is 51.9 Å². The molecular weight excluding hydrogens is 497 g/mol. The maximum atomic E-state index is 12.6. The van der Waals surface area contributed by atoms with Gasteiger partial charge in [0.25, 0.3) is 5.91 Å². The van der Waals surface area contributed by atoms with Crippen molar-refractivity contribution in [2.24, 2.45) is 7.05 Å². The number of fused-ring (bicyclic) bond motifs is 2. The lowest BCUT2D eigenvalue weighted by molar-refractivity contribution is -0.274.